The van der Waals surface area contributed by atoms with E-state index in [0.29, 0.717) is 28.5 Å². The molecule has 22 heavy (non-hydrogen) atoms. The van der Waals surface area contributed by atoms with Gasteiger partial charge in [-0.05, 0) is 24.5 Å². The molecule has 1 heterocycles. The van der Waals surface area contributed by atoms with E-state index in [0.717, 1.165) is 0 Å². The fourth-order valence-corrected chi connectivity index (χ4v) is 2.80. The molecule has 1 N–H and O–H groups in total. The van der Waals surface area contributed by atoms with Gasteiger partial charge in [-0.3, -0.25) is 9.59 Å². The Balaban J connectivity index is 2.01. The van der Waals surface area contributed by atoms with Gasteiger partial charge in [-0.15, -0.1) is 11.6 Å². The summed E-state index contributed by atoms with van der Waals surface area (Å²) in [4.78, 5) is 22.9. The van der Waals surface area contributed by atoms with Crippen molar-refractivity contribution in [3.63, 3.8) is 0 Å². The Hall–Kier alpha value is -2.14. The molecule has 4 nitrogen and oxygen atoms in total. The van der Waals surface area contributed by atoms with Gasteiger partial charge in [-0.25, -0.2) is 4.39 Å². The Bertz CT molecular complexity index is 774. The van der Waals surface area contributed by atoms with E-state index in [4.69, 9.17) is 21.4 Å². The van der Waals surface area contributed by atoms with Gasteiger partial charge in [0, 0.05) is 10.8 Å². The van der Waals surface area contributed by atoms with Crippen LogP contribution in [0.2, 0.25) is 0 Å². The normalized spacial score (nSPS) is 18.4. The number of halogens is 2. The van der Waals surface area contributed by atoms with Crippen molar-refractivity contribution < 1.29 is 23.8 Å². The van der Waals surface area contributed by atoms with Crippen LogP contribution in [0.3, 0.4) is 0 Å². The van der Waals surface area contributed by atoms with Crippen LogP contribution >= 0.6 is 11.6 Å². The van der Waals surface area contributed by atoms with Crippen molar-refractivity contribution in [3.05, 3.63) is 41.7 Å². The Morgan fingerprint density at radius 3 is 2.68 bits per heavy atom. The minimum Gasteiger partial charge on any atom is -0.482 e. The number of carbonyl (C=O) groups excluding carboxylic acids is 1. The molecule has 2 atom stereocenters. The molecule has 0 radical (unpaired) electrons. The van der Waals surface area contributed by atoms with Gasteiger partial charge < -0.3 is 9.84 Å². The van der Waals surface area contributed by atoms with Crippen molar-refractivity contribution in [3.8, 4) is 5.75 Å². The molecule has 0 spiro atoms. The maximum Gasteiger partial charge on any atom is 0.329 e. The van der Waals surface area contributed by atoms with Crippen LogP contribution in [-0.4, -0.2) is 28.3 Å². The summed E-state index contributed by atoms with van der Waals surface area (Å²) in [7, 11) is 0. The van der Waals surface area contributed by atoms with Gasteiger partial charge in [0.2, 0.25) is 5.78 Å². The molecule has 0 amide bonds. The highest BCUT2D eigenvalue weighted by atomic mass is 35.5. The average molecular weight is 323 g/mol. The maximum atomic E-state index is 14.0. The maximum absolute atomic E-state index is 14.0. The number of carboxylic acid groups (broad SMARTS) is 1. The lowest BCUT2D eigenvalue weighted by Crippen LogP contribution is -2.39. The lowest BCUT2D eigenvalue weighted by atomic mass is 9.95. The lowest BCUT2D eigenvalue weighted by molar-refractivity contribution is -0.141. The number of aryl methyl sites for hydroxylation is 1. The minimum absolute atomic E-state index is 0.278. The van der Waals surface area contributed by atoms with Gasteiger partial charge in [0.1, 0.15) is 11.6 Å². The molecule has 0 aliphatic carbocycles. The smallest absolute Gasteiger partial charge is 0.329 e. The van der Waals surface area contributed by atoms with E-state index in [1.165, 1.54) is 6.07 Å². The number of Topliss-reactive ketones (excluding diaryl/α,β-unsaturated/α-hetero) is 1. The molecule has 1 aliphatic heterocycles. The van der Waals surface area contributed by atoms with Crippen molar-refractivity contribution >= 4 is 34.1 Å². The van der Waals surface area contributed by atoms with Crippen LogP contribution in [0, 0.1) is 5.82 Å². The summed E-state index contributed by atoms with van der Waals surface area (Å²) < 4.78 is 19.7. The van der Waals surface area contributed by atoms with Crippen molar-refractivity contribution in [1.82, 2.24) is 0 Å². The second-order valence-electron chi connectivity index (χ2n) is 5.14. The van der Waals surface area contributed by atoms with Crippen LogP contribution in [0.15, 0.2) is 30.3 Å². The van der Waals surface area contributed by atoms with E-state index < -0.39 is 23.2 Å². The van der Waals surface area contributed by atoms with E-state index in [1.54, 1.807) is 24.3 Å². The number of ether oxygens (including phenoxy) is 1. The van der Waals surface area contributed by atoms with E-state index in [-0.39, 0.29) is 12.2 Å². The average Bonchev–Trinajstić information content (AvgIpc) is 2.53. The van der Waals surface area contributed by atoms with Crippen LogP contribution in [0.1, 0.15) is 12.0 Å². The molecular weight excluding hydrogens is 311 g/mol. The topological polar surface area (TPSA) is 63.6 Å². The van der Waals surface area contributed by atoms with Gasteiger partial charge >= 0.3 is 5.97 Å². The Labute approximate surface area is 130 Å². The first-order chi connectivity index (χ1) is 10.5. The zero-order valence-electron chi connectivity index (χ0n) is 11.4. The number of carbonyl (C=O) groups is 2. The third kappa shape index (κ3) is 2.41. The fraction of sp³-hybridized carbons (Fsp3) is 0.250. The minimum atomic E-state index is -1.64. The third-order valence-electron chi connectivity index (χ3n) is 3.74. The highest BCUT2D eigenvalue weighted by Gasteiger charge is 2.35. The molecule has 3 rings (SSSR count). The summed E-state index contributed by atoms with van der Waals surface area (Å²) in [6.45, 7) is 0. The summed E-state index contributed by atoms with van der Waals surface area (Å²) in [5, 5.41) is 8.15. The highest BCUT2D eigenvalue weighted by molar-refractivity contribution is 6.41. The number of ketones is 1. The second-order valence-corrected chi connectivity index (χ2v) is 5.58. The van der Waals surface area contributed by atoms with Gasteiger partial charge in [-0.2, -0.15) is 0 Å². The van der Waals surface area contributed by atoms with Crippen LogP contribution in [0.5, 0.6) is 5.75 Å². The molecular formula is C16H12ClFO4. The first-order valence-electron chi connectivity index (χ1n) is 6.76. The molecule has 2 aromatic carbocycles. The molecule has 0 bridgehead atoms. The molecule has 0 fully saturated rings. The SMILES string of the molecule is O=C(O)C(Cl)C(=O)C1CCc2cc(F)c3ccccc3c2O1. The summed E-state index contributed by atoms with van der Waals surface area (Å²) in [6, 6.07) is 8.19. The number of fused-ring (bicyclic) bond motifs is 3. The molecule has 0 saturated heterocycles. The van der Waals surface area contributed by atoms with E-state index >= 15 is 0 Å². The van der Waals surface area contributed by atoms with Crippen LogP contribution in [0.25, 0.3) is 10.8 Å². The predicted molar refractivity (Wildman–Crippen MR) is 78.9 cm³/mol. The summed E-state index contributed by atoms with van der Waals surface area (Å²) in [6.07, 6.45) is -0.225. The molecule has 0 saturated carbocycles. The summed E-state index contributed by atoms with van der Waals surface area (Å²) in [5.41, 5.74) is 0.668. The van der Waals surface area contributed by atoms with Crippen LogP contribution < -0.4 is 4.74 Å². The number of alkyl halides is 1. The van der Waals surface area contributed by atoms with Gasteiger partial charge in [0.25, 0.3) is 0 Å². The number of carboxylic acids is 1. The van der Waals surface area contributed by atoms with E-state index in [9.17, 15) is 14.0 Å². The monoisotopic (exact) mass is 322 g/mol. The lowest BCUT2D eigenvalue weighted by Gasteiger charge is -2.27. The Morgan fingerprint density at radius 2 is 2.00 bits per heavy atom. The largest absolute Gasteiger partial charge is 0.482 e. The third-order valence-corrected chi connectivity index (χ3v) is 4.14. The van der Waals surface area contributed by atoms with Crippen molar-refractivity contribution in [1.29, 1.82) is 0 Å². The molecule has 114 valence electrons. The fourth-order valence-electron chi connectivity index (χ4n) is 2.66. The summed E-state index contributed by atoms with van der Waals surface area (Å²) >= 11 is 5.58. The number of hydrogen-bond donors (Lipinski definition) is 1. The number of hydrogen-bond acceptors (Lipinski definition) is 3. The van der Waals surface area contributed by atoms with E-state index in [2.05, 4.69) is 0 Å². The van der Waals surface area contributed by atoms with Gasteiger partial charge in [-0.1, -0.05) is 24.3 Å². The van der Waals surface area contributed by atoms with Gasteiger partial charge in [0.15, 0.2) is 11.5 Å². The quantitative estimate of drug-likeness (QED) is 0.697. The molecule has 6 heteroatoms. The first-order valence-corrected chi connectivity index (χ1v) is 7.20. The van der Waals surface area contributed by atoms with Crippen molar-refractivity contribution in [2.45, 2.75) is 24.3 Å². The molecule has 0 aromatic heterocycles. The zero-order valence-corrected chi connectivity index (χ0v) is 12.1. The van der Waals surface area contributed by atoms with E-state index in [1.807, 2.05) is 0 Å². The first kappa shape index (κ1) is 14.8. The van der Waals surface area contributed by atoms with Crippen LogP contribution in [0.4, 0.5) is 4.39 Å². The number of benzene rings is 2. The number of rotatable bonds is 3. The number of aliphatic carboxylic acids is 1. The van der Waals surface area contributed by atoms with Gasteiger partial charge in [0.05, 0.1) is 0 Å². The molecule has 2 unspecified atom stereocenters. The highest BCUT2D eigenvalue weighted by Crippen LogP contribution is 2.37. The Kier molecular flexibility index (Phi) is 3.74. The van der Waals surface area contributed by atoms with Crippen molar-refractivity contribution in [2.75, 3.05) is 0 Å². The molecule has 1 aliphatic rings. The zero-order chi connectivity index (χ0) is 15.9. The van der Waals surface area contributed by atoms with Crippen molar-refractivity contribution in [2.24, 2.45) is 0 Å². The summed E-state index contributed by atoms with van der Waals surface area (Å²) in [5.74, 6) is -2.00. The Morgan fingerprint density at radius 1 is 1.32 bits per heavy atom. The standard InChI is InChI=1S/C16H12ClFO4/c17-13(16(20)21)14(19)12-6-5-8-7-11(18)9-3-1-2-4-10(9)15(8)22-12/h1-4,7,12-13H,5-6H2,(H,20,21). The predicted octanol–water partition coefficient (Wildman–Crippen LogP) is 2.93. The molecule has 2 aromatic rings. The van der Waals surface area contributed by atoms with Crippen LogP contribution in [-0.2, 0) is 16.0 Å². The second kappa shape index (κ2) is 5.57.